The molecule has 262 valence electrons. The van der Waals surface area contributed by atoms with Crippen molar-refractivity contribution in [2.24, 2.45) is 28.6 Å². The highest BCUT2D eigenvalue weighted by Gasteiger charge is 2.65. The van der Waals surface area contributed by atoms with Crippen molar-refractivity contribution in [1.29, 1.82) is 0 Å². The van der Waals surface area contributed by atoms with Crippen molar-refractivity contribution >= 4 is 54.0 Å². The average Bonchev–Trinajstić information content (AvgIpc) is 3.28. The first-order valence-electron chi connectivity index (χ1n) is 17.8. The van der Waals surface area contributed by atoms with Gasteiger partial charge in [0.2, 0.25) is 10.0 Å². The second kappa shape index (κ2) is 14.3. The first-order valence-corrected chi connectivity index (χ1v) is 21.0. The summed E-state index contributed by atoms with van der Waals surface area (Å²) in [5.41, 5.74) is 6.16. The lowest BCUT2D eigenvalue weighted by Crippen LogP contribution is -2.48. The molecule has 10 heteroatoms. The lowest BCUT2D eigenvalue weighted by molar-refractivity contribution is -0.128. The number of benzene rings is 1. The minimum atomic E-state index is -3.43. The van der Waals surface area contributed by atoms with Crippen LogP contribution in [-0.4, -0.2) is 73.7 Å². The summed E-state index contributed by atoms with van der Waals surface area (Å²) < 4.78 is 29.8. The predicted molar refractivity (Wildman–Crippen MR) is 198 cm³/mol. The number of rotatable bonds is 6. The number of aryl methyl sites for hydroxylation is 3. The van der Waals surface area contributed by atoms with Gasteiger partial charge in [0.05, 0.1) is 11.4 Å². The van der Waals surface area contributed by atoms with Crippen molar-refractivity contribution in [2.75, 3.05) is 39.0 Å². The van der Waals surface area contributed by atoms with E-state index in [1.807, 2.05) is 6.20 Å². The summed E-state index contributed by atoms with van der Waals surface area (Å²) in [7, 11) is -1.19. The molecular weight excluding hydrogens is 754 g/mol. The topological polar surface area (TPSA) is 87.7 Å². The number of halogens is 2. The largest absolute Gasteiger partial charge is 0.306 e. The highest BCUT2D eigenvalue weighted by atomic mass is 79.9. The third kappa shape index (κ3) is 6.91. The molecule has 4 fully saturated rings. The van der Waals surface area contributed by atoms with E-state index < -0.39 is 15.4 Å². The Bertz CT molecular complexity index is 1650. The summed E-state index contributed by atoms with van der Waals surface area (Å²) in [4.78, 5) is 30.5. The van der Waals surface area contributed by atoms with Gasteiger partial charge >= 0.3 is 0 Å². The zero-order valence-electron chi connectivity index (χ0n) is 28.9. The Kier molecular flexibility index (Phi) is 10.8. The summed E-state index contributed by atoms with van der Waals surface area (Å²) in [6, 6.07) is 6.96. The van der Waals surface area contributed by atoms with Crippen molar-refractivity contribution in [3.8, 4) is 0 Å². The normalized spacial score (nSPS) is 27.9. The fourth-order valence-electron chi connectivity index (χ4n) is 9.65. The van der Waals surface area contributed by atoms with Crippen molar-refractivity contribution in [1.82, 2.24) is 14.2 Å². The maximum absolute atomic E-state index is 12.9. The van der Waals surface area contributed by atoms with Gasteiger partial charge in [-0.25, -0.2) is 12.7 Å². The molecule has 2 aromatic rings. The molecule has 48 heavy (non-hydrogen) atoms. The number of aldehydes is 1. The van der Waals surface area contributed by atoms with Crippen molar-refractivity contribution in [2.45, 2.75) is 90.9 Å². The molecule has 5 aliphatic rings. The summed E-state index contributed by atoms with van der Waals surface area (Å²) >= 11 is 7.53. The van der Waals surface area contributed by atoms with Crippen LogP contribution in [0.3, 0.4) is 0 Å². The number of nitrogens with zero attached hydrogens (tertiary/aromatic N) is 3. The number of carbonyl (C=O) groups is 2. The van der Waals surface area contributed by atoms with Crippen LogP contribution < -0.4 is 0 Å². The molecule has 2 aliphatic heterocycles. The van der Waals surface area contributed by atoms with E-state index in [0.717, 1.165) is 42.9 Å². The zero-order chi connectivity index (χ0) is 34.4. The van der Waals surface area contributed by atoms with Crippen LogP contribution in [0.5, 0.6) is 0 Å². The standard InChI is InChI=1S/C21H24Br2N2.C17H27NO4S/c1-13-9-15-3-4-16-11-17(22)12-24-21(16)20(19(15)18(23)10-13)14-5-7-25(2)8-6-14;1-16(2)14-3-7-17(16,15(20)11-14)12-23(21,22)18-8-4-13(5-9-18)6-10-19/h9-12,14,20H,3-8H2,1-2H3;10,13-14H,3-9,11-12H2,1-2H3. The molecule has 7 nitrogen and oxygen atoms in total. The third-order valence-corrected chi connectivity index (χ3v) is 15.9. The van der Waals surface area contributed by atoms with Crippen LogP contribution in [0, 0.1) is 35.5 Å². The average molecular weight is 806 g/mol. The van der Waals surface area contributed by atoms with Gasteiger partial charge in [0, 0.05) is 52.4 Å². The molecule has 3 unspecified atom stereocenters. The fraction of sp³-hybridized carbons (Fsp3) is 0.658. The number of Topliss-reactive ketones (excluding diaryl/α,β-unsaturated/α-hetero) is 1. The lowest BCUT2D eigenvalue weighted by Gasteiger charge is -2.39. The number of carbonyl (C=O) groups excluding carboxylic acids is 2. The number of fused-ring (bicyclic) bond motifs is 4. The fourth-order valence-corrected chi connectivity index (χ4v) is 13.1. The number of sulfonamides is 1. The predicted octanol–water partition coefficient (Wildman–Crippen LogP) is 7.50. The molecule has 0 radical (unpaired) electrons. The van der Waals surface area contributed by atoms with Gasteiger partial charge in [0.25, 0.3) is 0 Å². The van der Waals surface area contributed by atoms with Crippen molar-refractivity contribution in [3.63, 3.8) is 0 Å². The molecule has 7 rings (SSSR count). The minimum absolute atomic E-state index is 0.0271. The Labute approximate surface area is 304 Å². The molecule has 0 spiro atoms. The van der Waals surface area contributed by atoms with Gasteiger partial charge in [-0.3, -0.25) is 9.78 Å². The Hall–Kier alpha value is -1.46. The molecular formula is C38H51Br2N3O4S. The highest BCUT2D eigenvalue weighted by Crippen LogP contribution is 2.64. The number of piperidine rings is 2. The smallest absolute Gasteiger partial charge is 0.215 e. The van der Waals surface area contributed by atoms with Crippen LogP contribution in [0.4, 0.5) is 0 Å². The van der Waals surface area contributed by atoms with Crippen LogP contribution in [0.25, 0.3) is 0 Å². The number of hydrogen-bond acceptors (Lipinski definition) is 6. The maximum atomic E-state index is 12.9. The van der Waals surface area contributed by atoms with Crippen LogP contribution in [0.15, 0.2) is 33.3 Å². The monoisotopic (exact) mass is 803 g/mol. The second-order valence-electron chi connectivity index (χ2n) is 15.8. The van der Waals surface area contributed by atoms with Gasteiger partial charge < -0.3 is 9.69 Å². The summed E-state index contributed by atoms with van der Waals surface area (Å²) in [6.07, 6.45) is 11.8. The number of aromatic nitrogens is 1. The third-order valence-electron chi connectivity index (χ3n) is 12.8. The number of likely N-dealkylation sites (tertiary alicyclic amines) is 1. The molecule has 2 saturated carbocycles. The number of ketones is 1. The minimum Gasteiger partial charge on any atom is -0.306 e. The van der Waals surface area contributed by atoms with Gasteiger partial charge in [0.15, 0.2) is 0 Å². The van der Waals surface area contributed by atoms with E-state index in [1.54, 1.807) is 4.31 Å². The highest BCUT2D eigenvalue weighted by molar-refractivity contribution is 9.10. The molecule has 1 aromatic carbocycles. The van der Waals surface area contributed by atoms with E-state index in [0.29, 0.717) is 56.0 Å². The summed E-state index contributed by atoms with van der Waals surface area (Å²) in [5, 5.41) is 0. The van der Waals surface area contributed by atoms with E-state index in [4.69, 9.17) is 4.98 Å². The number of hydrogen-bond donors (Lipinski definition) is 0. The van der Waals surface area contributed by atoms with Gasteiger partial charge in [-0.1, -0.05) is 35.8 Å². The molecule has 3 aliphatic carbocycles. The molecule has 1 aromatic heterocycles. The van der Waals surface area contributed by atoms with E-state index in [9.17, 15) is 18.0 Å². The Morgan fingerprint density at radius 3 is 2.29 bits per heavy atom. The molecule has 2 saturated heterocycles. The van der Waals surface area contributed by atoms with E-state index in [1.165, 1.54) is 58.4 Å². The van der Waals surface area contributed by atoms with Crippen LogP contribution in [0.2, 0.25) is 0 Å². The molecule has 3 atom stereocenters. The van der Waals surface area contributed by atoms with Crippen molar-refractivity contribution < 1.29 is 18.0 Å². The van der Waals surface area contributed by atoms with Gasteiger partial charge in [-0.15, -0.1) is 0 Å². The molecule has 0 amide bonds. The SMILES string of the molecule is CC1(C)C2CCC1(CS(=O)(=O)N1CCC(CC=O)CC1)C(=O)C2.Cc1cc(Br)c2c(c1)CCc1cc(Br)cnc1C2C1CCN(C)CC1. The summed E-state index contributed by atoms with van der Waals surface area (Å²) in [6.45, 7) is 9.67. The molecule has 0 N–H and O–H groups in total. The van der Waals surface area contributed by atoms with Crippen LogP contribution in [-0.2, 0) is 32.5 Å². The Morgan fingerprint density at radius 1 is 0.979 bits per heavy atom. The first-order chi connectivity index (χ1) is 22.8. The van der Waals surface area contributed by atoms with Gasteiger partial charge in [-0.2, -0.15) is 0 Å². The number of pyridine rings is 1. The van der Waals surface area contributed by atoms with E-state index in [2.05, 4.69) is 82.8 Å². The van der Waals surface area contributed by atoms with E-state index in [-0.39, 0.29) is 17.0 Å². The van der Waals surface area contributed by atoms with Gasteiger partial charge in [-0.05, 0) is 152 Å². The Morgan fingerprint density at radius 2 is 1.67 bits per heavy atom. The molecule has 2 bridgehead atoms. The van der Waals surface area contributed by atoms with Crippen LogP contribution >= 0.6 is 31.9 Å². The molecule has 3 heterocycles. The van der Waals surface area contributed by atoms with Gasteiger partial charge in [0.1, 0.15) is 12.1 Å². The second-order valence-corrected chi connectivity index (χ2v) is 19.5. The Balaban J connectivity index is 0.000000168. The zero-order valence-corrected chi connectivity index (χ0v) is 32.9. The van der Waals surface area contributed by atoms with Crippen LogP contribution in [0.1, 0.15) is 99.1 Å². The lowest BCUT2D eigenvalue weighted by atomic mass is 9.70. The van der Waals surface area contributed by atoms with Crippen molar-refractivity contribution in [3.05, 3.63) is 61.3 Å². The van der Waals surface area contributed by atoms with E-state index >= 15 is 0 Å². The maximum Gasteiger partial charge on any atom is 0.215 e. The quantitative estimate of drug-likeness (QED) is 0.282. The summed E-state index contributed by atoms with van der Waals surface area (Å²) in [5.74, 6) is 1.84. The first kappa shape index (κ1) is 36.3.